The molecule has 1 aromatic carbocycles. The third kappa shape index (κ3) is 2.16. The Morgan fingerprint density at radius 3 is 2.38 bits per heavy atom. The van der Waals surface area contributed by atoms with Gasteiger partial charge in [-0.1, -0.05) is 0 Å². The van der Waals surface area contributed by atoms with E-state index in [9.17, 15) is 20.2 Å². The highest BCUT2D eigenvalue weighted by atomic mass is 16.6. The maximum Gasteiger partial charge on any atom is 0.302 e. The summed E-state index contributed by atoms with van der Waals surface area (Å²) in [4.78, 5) is 19.6. The van der Waals surface area contributed by atoms with Gasteiger partial charge in [-0.3, -0.25) is 20.2 Å². The molecule has 0 atom stereocenters. The molecule has 0 fully saturated rings. The largest absolute Gasteiger partial charge is 0.491 e. The van der Waals surface area contributed by atoms with E-state index in [4.69, 9.17) is 10.5 Å². The van der Waals surface area contributed by atoms with Gasteiger partial charge in [-0.2, -0.15) is 0 Å². The SMILES string of the molecule is CCOc1cc([N+](=O)[O-])cc([N+](=O)[O-])c1N. The van der Waals surface area contributed by atoms with Crippen molar-refractivity contribution in [3.05, 3.63) is 32.4 Å². The second kappa shape index (κ2) is 4.43. The Labute approximate surface area is 89.9 Å². The Balaban J connectivity index is 3.38. The molecule has 0 aliphatic carbocycles. The van der Waals surface area contributed by atoms with Gasteiger partial charge in [-0.05, 0) is 6.92 Å². The van der Waals surface area contributed by atoms with E-state index in [2.05, 4.69) is 0 Å². The van der Waals surface area contributed by atoms with Crippen molar-refractivity contribution >= 4 is 17.1 Å². The van der Waals surface area contributed by atoms with E-state index in [1.54, 1.807) is 6.92 Å². The van der Waals surface area contributed by atoms with Crippen LogP contribution in [0.1, 0.15) is 6.92 Å². The van der Waals surface area contributed by atoms with Crippen LogP contribution in [0.25, 0.3) is 0 Å². The second-order valence-electron chi connectivity index (χ2n) is 2.82. The molecule has 0 amide bonds. The molecule has 0 unspecified atom stereocenters. The van der Waals surface area contributed by atoms with Gasteiger partial charge < -0.3 is 10.5 Å². The molecule has 2 N–H and O–H groups in total. The Hall–Kier alpha value is -2.38. The lowest BCUT2D eigenvalue weighted by molar-refractivity contribution is -0.393. The number of nitrogens with two attached hydrogens (primary N) is 1. The van der Waals surface area contributed by atoms with E-state index in [0.29, 0.717) is 0 Å². The third-order valence-corrected chi connectivity index (χ3v) is 1.81. The molecule has 0 bridgehead atoms. The van der Waals surface area contributed by atoms with Crippen LogP contribution in [0.4, 0.5) is 17.1 Å². The summed E-state index contributed by atoms with van der Waals surface area (Å²) in [5.74, 6) is -0.0524. The molecule has 0 aliphatic heterocycles. The number of nitrogens with zero attached hydrogens (tertiary/aromatic N) is 2. The molecule has 0 spiro atoms. The first-order chi connectivity index (χ1) is 7.47. The Morgan fingerprint density at radius 1 is 1.31 bits per heavy atom. The van der Waals surface area contributed by atoms with Crippen LogP contribution in [-0.4, -0.2) is 16.5 Å². The normalized spacial score (nSPS) is 9.81. The van der Waals surface area contributed by atoms with Gasteiger partial charge >= 0.3 is 5.69 Å². The fourth-order valence-electron chi connectivity index (χ4n) is 1.13. The van der Waals surface area contributed by atoms with Crippen molar-refractivity contribution in [1.82, 2.24) is 0 Å². The average molecular weight is 227 g/mol. The maximum atomic E-state index is 10.6. The summed E-state index contributed by atoms with van der Waals surface area (Å²) < 4.78 is 4.98. The third-order valence-electron chi connectivity index (χ3n) is 1.81. The van der Waals surface area contributed by atoms with Gasteiger partial charge in [0.2, 0.25) is 0 Å². The number of anilines is 1. The number of non-ortho nitro benzene ring substituents is 1. The maximum absolute atomic E-state index is 10.6. The van der Waals surface area contributed by atoms with Gasteiger partial charge in [0.1, 0.15) is 0 Å². The molecule has 86 valence electrons. The topological polar surface area (TPSA) is 122 Å². The number of hydrogen-bond acceptors (Lipinski definition) is 6. The minimum absolute atomic E-state index is 0.0524. The van der Waals surface area contributed by atoms with Gasteiger partial charge in [0.15, 0.2) is 11.4 Å². The summed E-state index contributed by atoms with van der Waals surface area (Å²) in [5.41, 5.74) is 4.28. The molecule has 16 heavy (non-hydrogen) atoms. The first-order valence-corrected chi connectivity index (χ1v) is 4.32. The fraction of sp³-hybridized carbons (Fsp3) is 0.250. The predicted molar refractivity (Wildman–Crippen MR) is 55.3 cm³/mol. The van der Waals surface area contributed by atoms with Crippen molar-refractivity contribution in [3.8, 4) is 5.75 Å². The monoisotopic (exact) mass is 227 g/mol. The lowest BCUT2D eigenvalue weighted by Crippen LogP contribution is -2.02. The molecule has 0 aliphatic rings. The van der Waals surface area contributed by atoms with Crippen LogP contribution < -0.4 is 10.5 Å². The number of benzene rings is 1. The van der Waals surface area contributed by atoms with Crippen molar-refractivity contribution in [3.63, 3.8) is 0 Å². The molecule has 0 radical (unpaired) electrons. The van der Waals surface area contributed by atoms with Crippen LogP contribution in [0, 0.1) is 20.2 Å². The number of nitro benzene ring substituents is 2. The fourth-order valence-corrected chi connectivity index (χ4v) is 1.13. The average Bonchev–Trinajstić information content (AvgIpc) is 2.20. The van der Waals surface area contributed by atoms with Crippen LogP contribution in [0.15, 0.2) is 12.1 Å². The summed E-state index contributed by atoms with van der Waals surface area (Å²) in [7, 11) is 0. The molecular formula is C8H9N3O5. The number of nitro groups is 2. The smallest absolute Gasteiger partial charge is 0.302 e. The zero-order chi connectivity index (χ0) is 12.3. The zero-order valence-corrected chi connectivity index (χ0v) is 8.37. The highest BCUT2D eigenvalue weighted by molar-refractivity contribution is 5.71. The van der Waals surface area contributed by atoms with Gasteiger partial charge in [0.25, 0.3) is 5.69 Å². The molecule has 1 rings (SSSR count). The summed E-state index contributed by atoms with van der Waals surface area (Å²) in [6, 6.07) is 1.86. The Kier molecular flexibility index (Phi) is 3.24. The first-order valence-electron chi connectivity index (χ1n) is 4.32. The second-order valence-corrected chi connectivity index (χ2v) is 2.82. The van der Waals surface area contributed by atoms with Crippen molar-refractivity contribution in [2.75, 3.05) is 12.3 Å². The number of ether oxygens (including phenoxy) is 1. The molecule has 8 nitrogen and oxygen atoms in total. The van der Waals surface area contributed by atoms with Crippen LogP contribution in [0.2, 0.25) is 0 Å². The quantitative estimate of drug-likeness (QED) is 0.472. The number of nitrogen functional groups attached to an aromatic ring is 1. The zero-order valence-electron chi connectivity index (χ0n) is 8.37. The molecule has 0 saturated carbocycles. The van der Waals surface area contributed by atoms with Crippen molar-refractivity contribution in [2.24, 2.45) is 0 Å². The van der Waals surface area contributed by atoms with Gasteiger partial charge in [0.05, 0.1) is 28.6 Å². The van der Waals surface area contributed by atoms with Crippen LogP contribution in [0.5, 0.6) is 5.75 Å². The number of rotatable bonds is 4. The lowest BCUT2D eigenvalue weighted by Gasteiger charge is -2.06. The standard InChI is InChI=1S/C8H9N3O5/c1-2-16-7-4-5(10(12)13)3-6(8(7)9)11(14)15/h3-4H,2,9H2,1H3. The Bertz CT molecular complexity index is 446. The molecule has 0 heterocycles. The van der Waals surface area contributed by atoms with Gasteiger partial charge in [-0.15, -0.1) is 0 Å². The highest BCUT2D eigenvalue weighted by Gasteiger charge is 2.22. The van der Waals surface area contributed by atoms with Crippen LogP contribution >= 0.6 is 0 Å². The molecular weight excluding hydrogens is 218 g/mol. The number of hydrogen-bond donors (Lipinski definition) is 1. The first kappa shape index (κ1) is 11.7. The predicted octanol–water partition coefficient (Wildman–Crippen LogP) is 1.48. The summed E-state index contributed by atoms with van der Waals surface area (Å²) in [6.45, 7) is 1.85. The van der Waals surface area contributed by atoms with E-state index in [1.165, 1.54) is 0 Å². The minimum atomic E-state index is -0.787. The van der Waals surface area contributed by atoms with Crippen LogP contribution in [0.3, 0.4) is 0 Å². The van der Waals surface area contributed by atoms with E-state index < -0.39 is 21.2 Å². The van der Waals surface area contributed by atoms with Gasteiger partial charge in [-0.25, -0.2) is 0 Å². The molecule has 0 saturated heterocycles. The molecule has 0 aromatic heterocycles. The van der Waals surface area contributed by atoms with Crippen molar-refractivity contribution in [2.45, 2.75) is 6.92 Å². The lowest BCUT2D eigenvalue weighted by atomic mass is 10.2. The van der Waals surface area contributed by atoms with E-state index in [-0.39, 0.29) is 18.0 Å². The van der Waals surface area contributed by atoms with Gasteiger partial charge in [0, 0.05) is 0 Å². The summed E-state index contributed by atoms with van der Waals surface area (Å²) in [5, 5.41) is 21.1. The van der Waals surface area contributed by atoms with Crippen molar-refractivity contribution in [1.29, 1.82) is 0 Å². The minimum Gasteiger partial charge on any atom is -0.491 e. The van der Waals surface area contributed by atoms with E-state index >= 15 is 0 Å². The Morgan fingerprint density at radius 2 is 1.94 bits per heavy atom. The summed E-state index contributed by atoms with van der Waals surface area (Å²) >= 11 is 0. The molecule has 8 heteroatoms. The van der Waals surface area contributed by atoms with E-state index in [1.807, 2.05) is 0 Å². The van der Waals surface area contributed by atoms with Crippen molar-refractivity contribution < 1.29 is 14.6 Å². The summed E-state index contributed by atoms with van der Waals surface area (Å²) in [6.07, 6.45) is 0. The molecule has 1 aromatic rings. The van der Waals surface area contributed by atoms with Crippen LogP contribution in [-0.2, 0) is 0 Å². The van der Waals surface area contributed by atoms with E-state index in [0.717, 1.165) is 12.1 Å². The highest BCUT2D eigenvalue weighted by Crippen LogP contribution is 2.35.